The Balaban J connectivity index is 1.61. The Labute approximate surface area is 152 Å². The fourth-order valence-electron chi connectivity index (χ4n) is 4.29. The Hall–Kier alpha value is -2.88. The molecule has 0 heterocycles. The summed E-state index contributed by atoms with van der Waals surface area (Å²) in [5, 5.41) is 25.8. The first kappa shape index (κ1) is 17.9. The van der Waals surface area contributed by atoms with E-state index in [0.717, 1.165) is 11.8 Å². The normalized spacial score (nSPS) is 25.4. The van der Waals surface area contributed by atoms with Gasteiger partial charge in [-0.25, -0.2) is 0 Å². The fraction of sp³-hybridized carbons (Fsp3) is 0.474. The maximum absolute atomic E-state index is 12.3. The molecule has 2 aliphatic rings. The van der Waals surface area contributed by atoms with Crippen LogP contribution in [0.2, 0.25) is 0 Å². The molecular formula is C19H22N4O3. The number of non-ortho nitro benzene ring substituents is 1. The zero-order chi connectivity index (χ0) is 18.7. The SMILES string of the molecule is CC(N/C=C(/C#N)C(=O)Nc1cccc([N+](=O)[O-])c1)C1CC2CCC1C2. The number of hydrogen-bond acceptors (Lipinski definition) is 5. The molecule has 0 spiro atoms. The third kappa shape index (κ3) is 3.85. The van der Waals surface area contributed by atoms with Gasteiger partial charge in [0.2, 0.25) is 0 Å². The molecule has 0 radical (unpaired) electrons. The molecule has 7 nitrogen and oxygen atoms in total. The number of rotatable bonds is 6. The zero-order valence-electron chi connectivity index (χ0n) is 14.6. The maximum atomic E-state index is 12.3. The van der Waals surface area contributed by atoms with Crippen molar-refractivity contribution in [2.45, 2.75) is 38.6 Å². The molecule has 2 aliphatic carbocycles. The average molecular weight is 354 g/mol. The highest BCUT2D eigenvalue weighted by Crippen LogP contribution is 2.49. The van der Waals surface area contributed by atoms with Crippen molar-refractivity contribution in [2.75, 3.05) is 5.32 Å². The van der Waals surface area contributed by atoms with Crippen molar-refractivity contribution in [3.63, 3.8) is 0 Å². The summed E-state index contributed by atoms with van der Waals surface area (Å²) in [6, 6.07) is 7.74. The minimum absolute atomic E-state index is 0.0495. The van der Waals surface area contributed by atoms with Crippen LogP contribution in [0.5, 0.6) is 0 Å². The molecule has 3 rings (SSSR count). The lowest BCUT2D eigenvalue weighted by atomic mass is 9.84. The number of benzene rings is 1. The Morgan fingerprint density at radius 3 is 2.85 bits per heavy atom. The molecule has 136 valence electrons. The highest BCUT2D eigenvalue weighted by molar-refractivity contribution is 6.06. The predicted molar refractivity (Wildman–Crippen MR) is 97.0 cm³/mol. The third-order valence-corrected chi connectivity index (χ3v) is 5.61. The number of nitrogens with one attached hydrogen (secondary N) is 2. The Morgan fingerprint density at radius 1 is 1.42 bits per heavy atom. The van der Waals surface area contributed by atoms with Gasteiger partial charge in [0.25, 0.3) is 11.6 Å². The van der Waals surface area contributed by atoms with E-state index < -0.39 is 10.8 Å². The monoisotopic (exact) mass is 354 g/mol. The molecule has 2 bridgehead atoms. The molecule has 2 N–H and O–H groups in total. The summed E-state index contributed by atoms with van der Waals surface area (Å²) in [7, 11) is 0. The van der Waals surface area contributed by atoms with Gasteiger partial charge in [0.15, 0.2) is 0 Å². The van der Waals surface area contributed by atoms with Gasteiger partial charge in [-0.3, -0.25) is 14.9 Å². The highest BCUT2D eigenvalue weighted by Gasteiger charge is 2.41. The van der Waals surface area contributed by atoms with Gasteiger partial charge >= 0.3 is 0 Å². The molecule has 2 fully saturated rings. The van der Waals surface area contributed by atoms with Crippen LogP contribution in [0.3, 0.4) is 0 Å². The van der Waals surface area contributed by atoms with Gasteiger partial charge in [-0.1, -0.05) is 12.5 Å². The number of hydrogen-bond donors (Lipinski definition) is 2. The second-order valence-electron chi connectivity index (χ2n) is 7.23. The highest BCUT2D eigenvalue weighted by atomic mass is 16.6. The van der Waals surface area contributed by atoms with Crippen LogP contribution in [0, 0.1) is 39.2 Å². The largest absolute Gasteiger partial charge is 0.387 e. The third-order valence-electron chi connectivity index (χ3n) is 5.61. The summed E-state index contributed by atoms with van der Waals surface area (Å²) in [5.41, 5.74) is 0.117. The molecule has 4 atom stereocenters. The summed E-state index contributed by atoms with van der Waals surface area (Å²) < 4.78 is 0. The first-order chi connectivity index (χ1) is 12.5. The minimum Gasteiger partial charge on any atom is -0.387 e. The molecule has 1 aromatic carbocycles. The Morgan fingerprint density at radius 2 is 2.23 bits per heavy atom. The van der Waals surface area contributed by atoms with Crippen molar-refractivity contribution in [2.24, 2.45) is 17.8 Å². The first-order valence-corrected chi connectivity index (χ1v) is 8.90. The van der Waals surface area contributed by atoms with Crippen LogP contribution in [-0.2, 0) is 4.79 Å². The van der Waals surface area contributed by atoms with Gasteiger partial charge in [0.1, 0.15) is 11.6 Å². The number of nitro benzene ring substituents is 1. The lowest BCUT2D eigenvalue weighted by Gasteiger charge is -2.28. The van der Waals surface area contributed by atoms with Crippen LogP contribution >= 0.6 is 0 Å². The summed E-state index contributed by atoms with van der Waals surface area (Å²) in [6.07, 6.45) is 6.60. The molecular weight excluding hydrogens is 332 g/mol. The smallest absolute Gasteiger partial charge is 0.271 e. The van der Waals surface area contributed by atoms with Gasteiger partial charge < -0.3 is 10.6 Å². The van der Waals surface area contributed by atoms with Crippen LogP contribution < -0.4 is 10.6 Å². The zero-order valence-corrected chi connectivity index (χ0v) is 14.6. The molecule has 0 aromatic heterocycles. The van der Waals surface area contributed by atoms with Crippen LogP contribution in [0.1, 0.15) is 32.6 Å². The lowest BCUT2D eigenvalue weighted by Crippen LogP contribution is -2.33. The van der Waals surface area contributed by atoms with E-state index in [-0.39, 0.29) is 23.0 Å². The van der Waals surface area contributed by atoms with Gasteiger partial charge in [-0.05, 0) is 50.0 Å². The molecule has 0 aliphatic heterocycles. The van der Waals surface area contributed by atoms with Crippen molar-refractivity contribution in [3.05, 3.63) is 46.2 Å². The molecule has 26 heavy (non-hydrogen) atoms. The van der Waals surface area contributed by atoms with Crippen LogP contribution in [-0.4, -0.2) is 16.9 Å². The van der Waals surface area contributed by atoms with Gasteiger partial charge in [-0.2, -0.15) is 5.26 Å². The number of amides is 1. The number of anilines is 1. The summed E-state index contributed by atoms with van der Waals surface area (Å²) in [4.78, 5) is 22.5. The summed E-state index contributed by atoms with van der Waals surface area (Å²) >= 11 is 0. The fourth-order valence-corrected chi connectivity index (χ4v) is 4.29. The van der Waals surface area contributed by atoms with Gasteiger partial charge in [0.05, 0.1) is 4.92 Å². The Bertz CT molecular complexity index is 783. The predicted octanol–water partition coefficient (Wildman–Crippen LogP) is 3.36. The van der Waals surface area contributed by atoms with E-state index in [0.29, 0.717) is 5.92 Å². The molecule has 7 heteroatoms. The van der Waals surface area contributed by atoms with Crippen molar-refractivity contribution >= 4 is 17.3 Å². The molecule has 4 unspecified atom stereocenters. The van der Waals surface area contributed by atoms with E-state index >= 15 is 0 Å². The lowest BCUT2D eigenvalue weighted by molar-refractivity contribution is -0.384. The van der Waals surface area contributed by atoms with E-state index in [1.54, 1.807) is 6.07 Å². The van der Waals surface area contributed by atoms with Crippen LogP contribution in [0.25, 0.3) is 0 Å². The Kier molecular flexibility index (Phi) is 5.21. The van der Waals surface area contributed by atoms with E-state index in [9.17, 15) is 20.2 Å². The van der Waals surface area contributed by atoms with Crippen LogP contribution in [0.4, 0.5) is 11.4 Å². The van der Waals surface area contributed by atoms with Gasteiger partial charge in [-0.15, -0.1) is 0 Å². The summed E-state index contributed by atoms with van der Waals surface area (Å²) in [6.45, 7) is 2.09. The van der Waals surface area contributed by atoms with E-state index in [1.165, 1.54) is 50.1 Å². The number of nitrogens with zero attached hydrogens (tertiary/aromatic N) is 2. The van der Waals surface area contributed by atoms with E-state index in [2.05, 4.69) is 17.6 Å². The quantitative estimate of drug-likeness (QED) is 0.352. The second kappa shape index (κ2) is 7.56. The number of fused-ring (bicyclic) bond motifs is 2. The van der Waals surface area contributed by atoms with E-state index in [4.69, 9.17) is 0 Å². The van der Waals surface area contributed by atoms with Gasteiger partial charge in [0, 0.05) is 30.1 Å². The molecule has 0 saturated heterocycles. The van der Waals surface area contributed by atoms with Crippen molar-refractivity contribution in [1.82, 2.24) is 5.32 Å². The maximum Gasteiger partial charge on any atom is 0.271 e. The summed E-state index contributed by atoms with van der Waals surface area (Å²) in [5.74, 6) is 1.59. The number of carbonyl (C=O) groups is 1. The molecule has 1 aromatic rings. The standard InChI is InChI=1S/C19H22N4O3/c1-12(18-8-13-5-6-14(18)7-13)21-11-15(10-20)19(24)22-16-3-2-4-17(9-16)23(25)26/h2-4,9,11-14,18,21H,5-8H2,1H3,(H,22,24)/b15-11-. The average Bonchev–Trinajstić information content (AvgIpc) is 3.25. The van der Waals surface area contributed by atoms with Crippen molar-refractivity contribution < 1.29 is 9.72 Å². The topological polar surface area (TPSA) is 108 Å². The first-order valence-electron chi connectivity index (χ1n) is 8.90. The molecule has 2 saturated carbocycles. The van der Waals surface area contributed by atoms with E-state index in [1.807, 2.05) is 6.07 Å². The second-order valence-corrected chi connectivity index (χ2v) is 7.23. The number of carbonyl (C=O) groups excluding carboxylic acids is 1. The minimum atomic E-state index is -0.583. The van der Waals surface area contributed by atoms with Crippen molar-refractivity contribution in [1.29, 1.82) is 5.26 Å². The van der Waals surface area contributed by atoms with Crippen molar-refractivity contribution in [3.8, 4) is 6.07 Å². The number of nitro groups is 1. The van der Waals surface area contributed by atoms with Crippen LogP contribution in [0.15, 0.2) is 36.0 Å². The molecule has 1 amide bonds. The number of nitriles is 1.